The van der Waals surface area contributed by atoms with Gasteiger partial charge in [-0.3, -0.25) is 9.59 Å². The second-order valence-electron chi connectivity index (χ2n) is 5.12. The van der Waals surface area contributed by atoms with Crippen molar-refractivity contribution in [3.63, 3.8) is 0 Å². The summed E-state index contributed by atoms with van der Waals surface area (Å²) in [5, 5.41) is 12.4. The van der Waals surface area contributed by atoms with E-state index in [4.69, 9.17) is 21.4 Å². The van der Waals surface area contributed by atoms with Gasteiger partial charge in [-0.1, -0.05) is 23.7 Å². The van der Waals surface area contributed by atoms with Gasteiger partial charge in [0.05, 0.1) is 25.0 Å². The van der Waals surface area contributed by atoms with Gasteiger partial charge in [0, 0.05) is 11.6 Å². The quantitative estimate of drug-likeness (QED) is 0.875. The van der Waals surface area contributed by atoms with Crippen LogP contribution in [0.2, 0.25) is 5.02 Å². The highest BCUT2D eigenvalue weighted by Gasteiger charge is 2.25. The second kappa shape index (κ2) is 7.43. The Balaban J connectivity index is 2.06. The highest BCUT2D eigenvalue weighted by atomic mass is 35.5. The number of ether oxygens (including phenoxy) is 1. The highest BCUT2D eigenvalue weighted by molar-refractivity contribution is 6.30. The van der Waals surface area contributed by atoms with Crippen LogP contribution in [-0.2, 0) is 14.3 Å². The van der Waals surface area contributed by atoms with E-state index in [1.807, 2.05) is 0 Å². The third-order valence-electron chi connectivity index (χ3n) is 3.50. The number of rotatable bonds is 5. The molecule has 2 rings (SSSR count). The van der Waals surface area contributed by atoms with Crippen LogP contribution in [0.1, 0.15) is 30.9 Å². The number of aliphatic carboxylic acids is 1. The summed E-state index contributed by atoms with van der Waals surface area (Å²) in [4.78, 5) is 23.2. The number of hydrogen-bond donors (Lipinski definition) is 2. The molecule has 6 heteroatoms. The Bertz CT molecular complexity index is 497. The lowest BCUT2D eigenvalue weighted by molar-refractivity contribution is -0.138. The molecular formula is C15H18ClNO4. The average molecular weight is 312 g/mol. The Morgan fingerprint density at radius 1 is 1.38 bits per heavy atom. The van der Waals surface area contributed by atoms with Gasteiger partial charge in [-0.05, 0) is 30.5 Å². The van der Waals surface area contributed by atoms with Crippen LogP contribution in [0.4, 0.5) is 0 Å². The van der Waals surface area contributed by atoms with E-state index >= 15 is 0 Å². The molecule has 1 aromatic carbocycles. The zero-order valence-corrected chi connectivity index (χ0v) is 12.3. The van der Waals surface area contributed by atoms with Gasteiger partial charge >= 0.3 is 5.97 Å². The summed E-state index contributed by atoms with van der Waals surface area (Å²) in [6, 6.07) is 6.26. The predicted octanol–water partition coefficient (Wildman–Crippen LogP) is 2.40. The van der Waals surface area contributed by atoms with Crippen LogP contribution < -0.4 is 5.32 Å². The Morgan fingerprint density at radius 2 is 2.10 bits per heavy atom. The molecule has 0 bridgehead atoms. The molecule has 21 heavy (non-hydrogen) atoms. The third-order valence-corrected chi connectivity index (χ3v) is 3.75. The van der Waals surface area contributed by atoms with Crippen LogP contribution >= 0.6 is 11.6 Å². The van der Waals surface area contributed by atoms with Crippen molar-refractivity contribution < 1.29 is 19.4 Å². The van der Waals surface area contributed by atoms with Crippen molar-refractivity contribution in [3.8, 4) is 0 Å². The van der Waals surface area contributed by atoms with E-state index < -0.39 is 12.0 Å². The van der Waals surface area contributed by atoms with Gasteiger partial charge in [0.15, 0.2) is 0 Å². The minimum atomic E-state index is -0.963. The molecule has 1 fully saturated rings. The molecule has 1 saturated heterocycles. The Morgan fingerprint density at radius 3 is 2.67 bits per heavy atom. The fraction of sp³-hybridized carbons (Fsp3) is 0.467. The van der Waals surface area contributed by atoms with E-state index in [0.717, 1.165) is 18.4 Å². The molecule has 0 aromatic heterocycles. The lowest BCUT2D eigenvalue weighted by Gasteiger charge is -2.24. The zero-order valence-electron chi connectivity index (χ0n) is 11.5. The zero-order chi connectivity index (χ0) is 15.2. The van der Waals surface area contributed by atoms with Gasteiger partial charge in [0.1, 0.15) is 0 Å². The van der Waals surface area contributed by atoms with E-state index in [2.05, 4.69) is 5.32 Å². The number of halogens is 1. The molecule has 114 valence electrons. The van der Waals surface area contributed by atoms with Crippen molar-refractivity contribution in [2.24, 2.45) is 5.92 Å². The monoisotopic (exact) mass is 311 g/mol. The molecule has 1 aromatic rings. The summed E-state index contributed by atoms with van der Waals surface area (Å²) < 4.78 is 5.29. The van der Waals surface area contributed by atoms with Crippen LogP contribution in [-0.4, -0.2) is 30.2 Å². The Hall–Kier alpha value is -1.59. The molecule has 0 radical (unpaired) electrons. The largest absolute Gasteiger partial charge is 0.481 e. The molecular weight excluding hydrogens is 294 g/mol. The molecule has 0 saturated carbocycles. The first-order valence-electron chi connectivity index (χ1n) is 6.91. The lowest BCUT2D eigenvalue weighted by atomic mass is 9.98. The maximum atomic E-state index is 12.2. The van der Waals surface area contributed by atoms with Crippen LogP contribution in [0.3, 0.4) is 0 Å². The van der Waals surface area contributed by atoms with Crippen LogP contribution in [0.5, 0.6) is 0 Å². The number of hydrogen-bond acceptors (Lipinski definition) is 3. The van der Waals surface area contributed by atoms with Gasteiger partial charge in [-0.25, -0.2) is 0 Å². The lowest BCUT2D eigenvalue weighted by Crippen LogP contribution is -2.38. The van der Waals surface area contributed by atoms with Crippen LogP contribution in [0, 0.1) is 5.92 Å². The SMILES string of the molecule is O=C(O)C[C@H](NC(=O)C1CCCOC1)c1ccc(Cl)cc1. The van der Waals surface area contributed by atoms with E-state index in [1.165, 1.54) is 0 Å². The van der Waals surface area contributed by atoms with Crippen molar-refractivity contribution in [1.82, 2.24) is 5.32 Å². The molecule has 0 spiro atoms. The standard InChI is InChI=1S/C15H18ClNO4/c16-12-5-3-10(4-6-12)13(8-14(18)19)17-15(20)11-2-1-7-21-9-11/h3-6,11,13H,1-2,7-9H2,(H,17,20)(H,18,19)/t11?,13-/m0/s1. The number of nitrogens with one attached hydrogen (secondary N) is 1. The molecule has 1 aliphatic heterocycles. The van der Waals surface area contributed by atoms with Gasteiger partial charge < -0.3 is 15.2 Å². The topological polar surface area (TPSA) is 75.6 Å². The average Bonchev–Trinajstić information content (AvgIpc) is 2.48. The van der Waals surface area contributed by atoms with Gasteiger partial charge in [-0.15, -0.1) is 0 Å². The molecule has 1 heterocycles. The molecule has 5 nitrogen and oxygen atoms in total. The van der Waals surface area contributed by atoms with Crippen LogP contribution in [0.15, 0.2) is 24.3 Å². The first-order chi connectivity index (χ1) is 10.1. The summed E-state index contributed by atoms with van der Waals surface area (Å²) in [5.41, 5.74) is 0.729. The van der Waals surface area contributed by atoms with Gasteiger partial charge in [0.2, 0.25) is 5.91 Å². The molecule has 1 aliphatic rings. The van der Waals surface area contributed by atoms with Crippen LogP contribution in [0.25, 0.3) is 0 Å². The van der Waals surface area contributed by atoms with Crippen molar-refractivity contribution >= 4 is 23.5 Å². The van der Waals surface area contributed by atoms with Crippen molar-refractivity contribution in [3.05, 3.63) is 34.9 Å². The first-order valence-corrected chi connectivity index (χ1v) is 7.29. The normalized spacial score (nSPS) is 19.8. The molecule has 2 N–H and O–H groups in total. The summed E-state index contributed by atoms with van der Waals surface area (Å²) in [6.07, 6.45) is 1.45. The Kier molecular flexibility index (Phi) is 5.59. The van der Waals surface area contributed by atoms with Gasteiger partial charge in [0.25, 0.3) is 0 Å². The van der Waals surface area contributed by atoms with Crippen molar-refractivity contribution in [2.75, 3.05) is 13.2 Å². The fourth-order valence-corrected chi connectivity index (χ4v) is 2.48. The molecule has 2 atom stereocenters. The number of carboxylic acids is 1. The number of amides is 1. The summed E-state index contributed by atoms with van der Waals surface area (Å²) >= 11 is 5.83. The fourth-order valence-electron chi connectivity index (χ4n) is 2.36. The van der Waals surface area contributed by atoms with Crippen molar-refractivity contribution in [2.45, 2.75) is 25.3 Å². The molecule has 1 unspecified atom stereocenters. The third kappa shape index (κ3) is 4.72. The number of benzene rings is 1. The number of carbonyl (C=O) groups excluding carboxylic acids is 1. The molecule has 0 aliphatic carbocycles. The van der Waals surface area contributed by atoms with E-state index in [-0.39, 0.29) is 18.2 Å². The van der Waals surface area contributed by atoms with E-state index in [9.17, 15) is 9.59 Å². The summed E-state index contributed by atoms with van der Waals surface area (Å²) in [6.45, 7) is 1.08. The van der Waals surface area contributed by atoms with Crippen molar-refractivity contribution in [1.29, 1.82) is 0 Å². The molecule has 1 amide bonds. The van der Waals surface area contributed by atoms with E-state index in [1.54, 1.807) is 24.3 Å². The minimum absolute atomic E-state index is 0.157. The first kappa shape index (κ1) is 15.8. The van der Waals surface area contributed by atoms with Gasteiger partial charge in [-0.2, -0.15) is 0 Å². The number of carboxylic acid groups (broad SMARTS) is 1. The maximum absolute atomic E-state index is 12.2. The second-order valence-corrected chi connectivity index (χ2v) is 5.56. The van der Waals surface area contributed by atoms with E-state index in [0.29, 0.717) is 18.2 Å². The number of carbonyl (C=O) groups is 2. The Labute approximate surface area is 128 Å². The summed E-state index contributed by atoms with van der Waals surface area (Å²) in [7, 11) is 0. The summed E-state index contributed by atoms with van der Waals surface area (Å²) in [5.74, 6) is -1.33. The maximum Gasteiger partial charge on any atom is 0.305 e. The predicted molar refractivity (Wildman–Crippen MR) is 78.1 cm³/mol. The minimum Gasteiger partial charge on any atom is -0.481 e. The highest BCUT2D eigenvalue weighted by Crippen LogP contribution is 2.21. The smallest absolute Gasteiger partial charge is 0.305 e.